The number of furan rings is 1. The molecule has 1 atom stereocenters. The fourth-order valence-electron chi connectivity index (χ4n) is 1.28. The minimum absolute atomic E-state index is 0.161. The Labute approximate surface area is 96.3 Å². The van der Waals surface area contributed by atoms with Crippen molar-refractivity contribution in [3.05, 3.63) is 45.0 Å². The summed E-state index contributed by atoms with van der Waals surface area (Å²) in [6.45, 7) is 1.90. The summed E-state index contributed by atoms with van der Waals surface area (Å²) in [5, 5.41) is -0.161. The van der Waals surface area contributed by atoms with E-state index in [4.69, 9.17) is 27.6 Å². The number of thiophene rings is 1. The Bertz CT molecular complexity index is 433. The Morgan fingerprint density at radius 3 is 2.64 bits per heavy atom. The number of hydrogen-bond donors (Lipinski definition) is 0. The first-order valence-corrected chi connectivity index (χ1v) is 5.75. The molecule has 0 aliphatic rings. The second kappa shape index (κ2) is 3.97. The van der Waals surface area contributed by atoms with Crippen molar-refractivity contribution in [3.8, 4) is 0 Å². The summed E-state index contributed by atoms with van der Waals surface area (Å²) < 4.78 is 5.96. The van der Waals surface area contributed by atoms with Crippen molar-refractivity contribution in [1.82, 2.24) is 0 Å². The fraction of sp³-hybridized carbons (Fsp3) is 0.200. The van der Waals surface area contributed by atoms with Gasteiger partial charge >= 0.3 is 0 Å². The van der Waals surface area contributed by atoms with Gasteiger partial charge in [0.15, 0.2) is 0 Å². The molecule has 2 aromatic rings. The molecule has 0 N–H and O–H groups in total. The van der Waals surface area contributed by atoms with E-state index in [1.54, 1.807) is 6.26 Å². The van der Waals surface area contributed by atoms with Crippen molar-refractivity contribution in [2.45, 2.75) is 12.3 Å². The van der Waals surface area contributed by atoms with Crippen molar-refractivity contribution in [2.75, 3.05) is 0 Å². The quantitative estimate of drug-likeness (QED) is 0.705. The molecule has 2 heterocycles. The van der Waals surface area contributed by atoms with Crippen LogP contribution in [-0.4, -0.2) is 0 Å². The van der Waals surface area contributed by atoms with Crippen LogP contribution in [0.25, 0.3) is 0 Å². The smallest absolute Gasteiger partial charge is 0.105 e. The average molecular weight is 247 g/mol. The van der Waals surface area contributed by atoms with Gasteiger partial charge in [0.25, 0.3) is 0 Å². The first-order valence-electron chi connectivity index (χ1n) is 4.12. The van der Waals surface area contributed by atoms with E-state index in [-0.39, 0.29) is 5.38 Å². The molecule has 0 spiro atoms. The lowest BCUT2D eigenvalue weighted by atomic mass is 10.1. The second-order valence-electron chi connectivity index (χ2n) is 2.94. The van der Waals surface area contributed by atoms with Gasteiger partial charge < -0.3 is 4.42 Å². The van der Waals surface area contributed by atoms with Crippen molar-refractivity contribution < 1.29 is 4.42 Å². The maximum atomic E-state index is 6.28. The van der Waals surface area contributed by atoms with Crippen LogP contribution in [0, 0.1) is 6.92 Å². The summed E-state index contributed by atoms with van der Waals surface area (Å²) in [4.78, 5) is 1.04. The van der Waals surface area contributed by atoms with Gasteiger partial charge in [0.2, 0.25) is 0 Å². The lowest BCUT2D eigenvalue weighted by Gasteiger charge is -2.04. The molecule has 1 unspecified atom stereocenters. The largest absolute Gasteiger partial charge is 0.469 e. The van der Waals surface area contributed by atoms with E-state index >= 15 is 0 Å². The van der Waals surface area contributed by atoms with Gasteiger partial charge in [-0.1, -0.05) is 11.6 Å². The van der Waals surface area contributed by atoms with Gasteiger partial charge in [-0.2, -0.15) is 0 Å². The molecule has 0 aliphatic carbocycles. The molecule has 1 nitrogen and oxygen atoms in total. The van der Waals surface area contributed by atoms with Crippen LogP contribution in [0.2, 0.25) is 4.34 Å². The van der Waals surface area contributed by atoms with Crippen LogP contribution in [0.15, 0.2) is 28.9 Å². The molecule has 14 heavy (non-hydrogen) atoms. The van der Waals surface area contributed by atoms with E-state index in [9.17, 15) is 0 Å². The highest BCUT2D eigenvalue weighted by Gasteiger charge is 2.16. The molecular weight excluding hydrogens is 239 g/mol. The van der Waals surface area contributed by atoms with Crippen molar-refractivity contribution in [2.24, 2.45) is 0 Å². The number of rotatable bonds is 2. The Hall–Kier alpha value is -0.440. The predicted octanol–water partition coefficient (Wildman–Crippen LogP) is 4.63. The first-order chi connectivity index (χ1) is 6.68. The maximum absolute atomic E-state index is 6.28. The van der Waals surface area contributed by atoms with E-state index in [0.29, 0.717) is 0 Å². The van der Waals surface area contributed by atoms with Crippen LogP contribution >= 0.6 is 34.5 Å². The zero-order valence-electron chi connectivity index (χ0n) is 7.46. The number of alkyl halides is 1. The third-order valence-corrected chi connectivity index (χ3v) is 3.91. The molecule has 0 saturated heterocycles. The monoisotopic (exact) mass is 246 g/mol. The minimum Gasteiger partial charge on any atom is -0.469 e. The van der Waals surface area contributed by atoms with Gasteiger partial charge in [0, 0.05) is 10.4 Å². The van der Waals surface area contributed by atoms with Crippen LogP contribution < -0.4 is 0 Å². The zero-order valence-corrected chi connectivity index (χ0v) is 9.79. The molecule has 0 saturated carbocycles. The maximum Gasteiger partial charge on any atom is 0.105 e. The summed E-state index contributed by atoms with van der Waals surface area (Å²) in [5.41, 5.74) is 1.00. The Morgan fingerprint density at radius 2 is 2.14 bits per heavy atom. The molecule has 0 fully saturated rings. The van der Waals surface area contributed by atoms with Crippen LogP contribution in [-0.2, 0) is 0 Å². The SMILES string of the molecule is Cc1occc1C(Cl)c1ccc(Cl)s1. The van der Waals surface area contributed by atoms with E-state index < -0.39 is 0 Å². The van der Waals surface area contributed by atoms with Gasteiger partial charge in [-0.05, 0) is 25.1 Å². The van der Waals surface area contributed by atoms with Gasteiger partial charge in [0.1, 0.15) is 5.76 Å². The van der Waals surface area contributed by atoms with Crippen LogP contribution in [0.5, 0.6) is 0 Å². The van der Waals surface area contributed by atoms with Crippen LogP contribution in [0.4, 0.5) is 0 Å². The molecule has 0 bridgehead atoms. The van der Waals surface area contributed by atoms with Gasteiger partial charge in [-0.3, -0.25) is 0 Å². The molecule has 74 valence electrons. The van der Waals surface area contributed by atoms with Crippen molar-refractivity contribution in [1.29, 1.82) is 0 Å². The van der Waals surface area contributed by atoms with Gasteiger partial charge in [-0.15, -0.1) is 22.9 Å². The van der Waals surface area contributed by atoms with E-state index in [0.717, 1.165) is 20.5 Å². The normalized spacial score (nSPS) is 13.1. The molecule has 4 heteroatoms. The van der Waals surface area contributed by atoms with Crippen LogP contribution in [0.3, 0.4) is 0 Å². The van der Waals surface area contributed by atoms with Gasteiger partial charge in [0.05, 0.1) is 16.0 Å². The number of aryl methyl sites for hydroxylation is 1. The summed E-state index contributed by atoms with van der Waals surface area (Å²) in [7, 11) is 0. The molecular formula is C10H8Cl2OS. The number of hydrogen-bond acceptors (Lipinski definition) is 2. The molecule has 2 rings (SSSR count). The Balaban J connectivity index is 2.33. The minimum atomic E-state index is -0.161. The highest BCUT2D eigenvalue weighted by Crippen LogP contribution is 2.36. The predicted molar refractivity (Wildman–Crippen MR) is 60.5 cm³/mol. The van der Waals surface area contributed by atoms with Gasteiger partial charge in [-0.25, -0.2) is 0 Å². The molecule has 0 aromatic carbocycles. The topological polar surface area (TPSA) is 13.1 Å². The third kappa shape index (κ3) is 1.83. The highest BCUT2D eigenvalue weighted by molar-refractivity contribution is 7.16. The number of halogens is 2. The van der Waals surface area contributed by atoms with Crippen molar-refractivity contribution in [3.63, 3.8) is 0 Å². The molecule has 0 aliphatic heterocycles. The standard InChI is InChI=1S/C10H8Cl2OS/c1-6-7(4-5-13-6)10(12)8-2-3-9(11)14-8/h2-5,10H,1H3. The van der Waals surface area contributed by atoms with E-state index in [2.05, 4.69) is 0 Å². The highest BCUT2D eigenvalue weighted by atomic mass is 35.5. The second-order valence-corrected chi connectivity index (χ2v) is 5.12. The lowest BCUT2D eigenvalue weighted by molar-refractivity contribution is 0.530. The lowest BCUT2D eigenvalue weighted by Crippen LogP contribution is -1.89. The fourth-order valence-corrected chi connectivity index (χ4v) is 2.77. The first kappa shape index (κ1) is 10.1. The summed E-state index contributed by atoms with van der Waals surface area (Å²) in [6.07, 6.45) is 1.65. The van der Waals surface area contributed by atoms with Crippen molar-refractivity contribution >= 4 is 34.5 Å². The molecule has 2 aromatic heterocycles. The Kier molecular flexibility index (Phi) is 2.86. The summed E-state index contributed by atoms with van der Waals surface area (Å²) in [5.74, 6) is 0.856. The molecule has 0 amide bonds. The Morgan fingerprint density at radius 1 is 1.36 bits per heavy atom. The average Bonchev–Trinajstić information content (AvgIpc) is 2.73. The summed E-state index contributed by atoms with van der Waals surface area (Å²) in [6, 6.07) is 5.68. The summed E-state index contributed by atoms with van der Waals surface area (Å²) >= 11 is 13.6. The van der Waals surface area contributed by atoms with E-state index in [1.165, 1.54) is 11.3 Å². The molecule has 0 radical (unpaired) electrons. The third-order valence-electron chi connectivity index (χ3n) is 2.02. The van der Waals surface area contributed by atoms with Crippen LogP contribution in [0.1, 0.15) is 21.6 Å². The van der Waals surface area contributed by atoms with E-state index in [1.807, 2.05) is 25.1 Å². The zero-order chi connectivity index (χ0) is 10.1.